The van der Waals surface area contributed by atoms with Gasteiger partial charge in [-0.15, -0.1) is 0 Å². The Balaban J connectivity index is 1.31. The van der Waals surface area contributed by atoms with E-state index in [0.717, 1.165) is 87.1 Å². The molecule has 5 heterocycles. The number of hydrogen-bond donors (Lipinski definition) is 0. The van der Waals surface area contributed by atoms with Gasteiger partial charge in [0.25, 0.3) is 5.91 Å². The molecule has 3 aliphatic rings. The minimum Gasteiger partial charge on any atom is -0.491 e. The number of aryl methyl sites for hydroxylation is 1. The second-order valence-electron chi connectivity index (χ2n) is 12.2. The molecule has 0 saturated carbocycles. The number of hydrogen-bond acceptors (Lipinski definition) is 7. The van der Waals surface area contributed by atoms with Crippen LogP contribution in [0.5, 0.6) is 5.75 Å². The average Bonchev–Trinajstić information content (AvgIpc) is 3.43. The molecule has 1 atom stereocenters. The van der Waals surface area contributed by atoms with E-state index in [9.17, 15) is 4.79 Å². The van der Waals surface area contributed by atoms with Crippen molar-refractivity contribution < 1.29 is 9.53 Å². The maximum atomic E-state index is 14.3. The quantitative estimate of drug-likeness (QED) is 0.340. The maximum Gasteiger partial charge on any atom is 0.258 e. The zero-order chi connectivity index (χ0) is 29.3. The molecule has 0 radical (unpaired) electrons. The van der Waals surface area contributed by atoms with E-state index in [1.54, 1.807) is 0 Å². The van der Waals surface area contributed by atoms with Gasteiger partial charge in [0.1, 0.15) is 24.0 Å². The van der Waals surface area contributed by atoms with Crippen molar-refractivity contribution >= 4 is 23.2 Å². The van der Waals surface area contributed by atoms with E-state index in [4.69, 9.17) is 14.8 Å². The summed E-state index contributed by atoms with van der Waals surface area (Å²) in [5.74, 6) is 2.69. The van der Waals surface area contributed by atoms with Gasteiger partial charge in [-0.25, -0.2) is 4.98 Å². The first-order valence-electron chi connectivity index (χ1n) is 15.7. The van der Waals surface area contributed by atoms with Gasteiger partial charge < -0.3 is 19.4 Å². The van der Waals surface area contributed by atoms with Gasteiger partial charge in [0, 0.05) is 65.0 Å². The number of benzene rings is 2. The van der Waals surface area contributed by atoms with Crippen molar-refractivity contribution in [3.8, 4) is 5.75 Å². The molecule has 224 valence electrons. The molecule has 9 nitrogen and oxygen atoms in total. The van der Waals surface area contributed by atoms with Gasteiger partial charge >= 0.3 is 0 Å². The molecule has 0 N–H and O–H groups in total. The van der Waals surface area contributed by atoms with E-state index < -0.39 is 0 Å². The summed E-state index contributed by atoms with van der Waals surface area (Å²) in [6.45, 7) is 8.54. The molecule has 2 aromatic carbocycles. The van der Waals surface area contributed by atoms with Crippen LogP contribution in [-0.4, -0.2) is 83.2 Å². The summed E-state index contributed by atoms with van der Waals surface area (Å²) in [4.78, 5) is 28.4. The van der Waals surface area contributed by atoms with Crippen molar-refractivity contribution in [3.05, 3.63) is 83.0 Å². The summed E-state index contributed by atoms with van der Waals surface area (Å²) in [5, 5.41) is 5.15. The van der Waals surface area contributed by atoms with E-state index in [1.165, 1.54) is 12.0 Å². The highest BCUT2D eigenvalue weighted by Crippen LogP contribution is 2.35. The first kappa shape index (κ1) is 27.7. The molecule has 3 aliphatic heterocycles. The second-order valence-corrected chi connectivity index (χ2v) is 12.2. The van der Waals surface area contributed by atoms with Crippen LogP contribution in [0.3, 0.4) is 0 Å². The topological polar surface area (TPSA) is 69.5 Å². The number of aromatic nitrogens is 3. The van der Waals surface area contributed by atoms with E-state index in [0.29, 0.717) is 24.5 Å². The molecular formula is C34H41N7O2. The number of anilines is 2. The van der Waals surface area contributed by atoms with Crippen LogP contribution in [0.15, 0.2) is 60.7 Å². The largest absolute Gasteiger partial charge is 0.491 e. The Labute approximate surface area is 253 Å². The Hall–Kier alpha value is -4.11. The van der Waals surface area contributed by atoms with Crippen LogP contribution in [0.2, 0.25) is 0 Å². The number of likely N-dealkylation sites (N-methyl/N-ethyl adjacent to an activating group) is 1. The summed E-state index contributed by atoms with van der Waals surface area (Å²) >= 11 is 0. The van der Waals surface area contributed by atoms with Gasteiger partial charge in [0.15, 0.2) is 5.65 Å². The summed E-state index contributed by atoms with van der Waals surface area (Å²) in [7, 11) is 2.14. The Morgan fingerprint density at radius 1 is 0.907 bits per heavy atom. The molecule has 2 aromatic heterocycles. The number of piperidine rings is 1. The third-order valence-electron chi connectivity index (χ3n) is 9.12. The van der Waals surface area contributed by atoms with Crippen LogP contribution >= 0.6 is 0 Å². The number of fused-ring (bicyclic) bond motifs is 4. The van der Waals surface area contributed by atoms with Crippen molar-refractivity contribution in [2.75, 3.05) is 62.7 Å². The Kier molecular flexibility index (Phi) is 7.65. The van der Waals surface area contributed by atoms with Crippen LogP contribution in [0.1, 0.15) is 58.9 Å². The third kappa shape index (κ3) is 5.66. The van der Waals surface area contributed by atoms with Crippen LogP contribution in [-0.2, 0) is 6.54 Å². The number of amides is 1. The zero-order valence-electron chi connectivity index (χ0n) is 25.3. The van der Waals surface area contributed by atoms with E-state index >= 15 is 0 Å². The molecule has 1 unspecified atom stereocenters. The van der Waals surface area contributed by atoms with Crippen molar-refractivity contribution in [1.82, 2.24) is 24.4 Å². The molecule has 43 heavy (non-hydrogen) atoms. The molecule has 1 amide bonds. The zero-order valence-corrected chi connectivity index (χ0v) is 25.3. The number of rotatable bonds is 3. The highest BCUT2D eigenvalue weighted by atomic mass is 16.5. The monoisotopic (exact) mass is 579 g/mol. The van der Waals surface area contributed by atoms with Crippen LogP contribution in [0.25, 0.3) is 5.65 Å². The highest BCUT2D eigenvalue weighted by molar-refractivity contribution is 5.97. The molecule has 4 aromatic rings. The van der Waals surface area contributed by atoms with Crippen LogP contribution < -0.4 is 14.5 Å². The molecule has 2 fully saturated rings. The van der Waals surface area contributed by atoms with Crippen molar-refractivity contribution in [3.63, 3.8) is 0 Å². The summed E-state index contributed by atoms with van der Waals surface area (Å²) in [6, 6.07) is 20.7. The second kappa shape index (κ2) is 11.9. The normalized spacial score (nSPS) is 20.1. The fourth-order valence-electron chi connectivity index (χ4n) is 6.48. The summed E-state index contributed by atoms with van der Waals surface area (Å²) in [6.07, 6.45) is 4.13. The Morgan fingerprint density at radius 3 is 2.58 bits per heavy atom. The fraction of sp³-hybridized carbons (Fsp3) is 0.441. The van der Waals surface area contributed by atoms with Gasteiger partial charge in [-0.3, -0.25) is 9.69 Å². The lowest BCUT2D eigenvalue weighted by molar-refractivity contribution is 0.0600. The first-order valence-corrected chi connectivity index (χ1v) is 15.7. The van der Waals surface area contributed by atoms with E-state index in [2.05, 4.69) is 64.2 Å². The lowest BCUT2D eigenvalue weighted by atomic mass is 9.97. The molecule has 0 spiro atoms. The smallest absolute Gasteiger partial charge is 0.258 e. The lowest BCUT2D eigenvalue weighted by Gasteiger charge is -2.35. The molecule has 2 saturated heterocycles. The Morgan fingerprint density at radius 2 is 1.77 bits per heavy atom. The van der Waals surface area contributed by atoms with Gasteiger partial charge in [-0.2, -0.15) is 9.61 Å². The highest BCUT2D eigenvalue weighted by Gasteiger charge is 2.33. The van der Waals surface area contributed by atoms with Gasteiger partial charge in [-0.1, -0.05) is 42.0 Å². The number of carbonyl (C=O) groups is 1. The molecular weight excluding hydrogens is 538 g/mol. The number of nitrogens with zero attached hydrogens (tertiary/aromatic N) is 7. The molecule has 0 aliphatic carbocycles. The molecule has 2 bridgehead atoms. The Bertz CT molecular complexity index is 1600. The van der Waals surface area contributed by atoms with E-state index in [1.807, 2.05) is 34.5 Å². The van der Waals surface area contributed by atoms with Crippen molar-refractivity contribution in [2.24, 2.45) is 0 Å². The standard InChI is InChI=1S/C34H41N7O2/c1-25-12-13-30-27(21-25)34(42)40-16-7-6-11-29(40)28-22-32-35-31(39-14-8-15-39)23-33(41(32)36-28)37(2)17-18-38(19-20-43-30)24-26-9-4-3-5-10-26/h3-5,9-10,12-13,21-23,29H,6-8,11,14-20,24H2,1-2H3. The predicted molar refractivity (Wildman–Crippen MR) is 169 cm³/mol. The SMILES string of the molecule is Cc1ccc2c(c1)C(=O)N1CCCCC1c1cc3nc(N4CCC4)cc(n3n1)N(C)CCN(Cc1ccccc1)CCO2. The average molecular weight is 580 g/mol. The van der Waals surface area contributed by atoms with Gasteiger partial charge in [0.05, 0.1) is 17.3 Å². The van der Waals surface area contributed by atoms with Crippen LogP contribution in [0.4, 0.5) is 11.6 Å². The minimum absolute atomic E-state index is 0.0141. The van der Waals surface area contributed by atoms with Crippen molar-refractivity contribution in [1.29, 1.82) is 0 Å². The van der Waals surface area contributed by atoms with Gasteiger partial charge in [0.2, 0.25) is 0 Å². The number of carbonyl (C=O) groups excluding carboxylic acids is 1. The summed E-state index contributed by atoms with van der Waals surface area (Å²) in [5.41, 5.74) is 4.70. The maximum absolute atomic E-state index is 14.3. The molecule has 7 rings (SSSR count). The number of ether oxygens (including phenoxy) is 1. The summed E-state index contributed by atoms with van der Waals surface area (Å²) < 4.78 is 8.38. The van der Waals surface area contributed by atoms with Crippen molar-refractivity contribution in [2.45, 2.75) is 45.2 Å². The van der Waals surface area contributed by atoms with Crippen LogP contribution in [0, 0.1) is 6.92 Å². The fourth-order valence-corrected chi connectivity index (χ4v) is 6.48. The first-order chi connectivity index (χ1) is 21.0. The predicted octanol–water partition coefficient (Wildman–Crippen LogP) is 4.95. The van der Waals surface area contributed by atoms with Gasteiger partial charge in [-0.05, 0) is 50.3 Å². The third-order valence-corrected chi connectivity index (χ3v) is 9.12. The minimum atomic E-state index is -0.101. The lowest BCUT2D eigenvalue weighted by Crippen LogP contribution is -2.39. The molecule has 9 heteroatoms. The van der Waals surface area contributed by atoms with E-state index in [-0.39, 0.29) is 11.9 Å².